The van der Waals surface area contributed by atoms with Gasteiger partial charge in [-0.25, -0.2) is 0 Å². The van der Waals surface area contributed by atoms with Crippen LogP contribution in [-0.2, 0) is 9.53 Å². The average Bonchev–Trinajstić information content (AvgIpc) is 2.79. The molecule has 1 saturated heterocycles. The normalized spacial score (nSPS) is 20.8. The van der Waals surface area contributed by atoms with Gasteiger partial charge in [0.15, 0.2) is 0 Å². The predicted octanol–water partition coefficient (Wildman–Crippen LogP) is 2.42. The first-order chi connectivity index (χ1) is 14.1. The minimum Gasteiger partial charge on any atom is -0.391 e. The van der Waals surface area contributed by atoms with Crippen LogP contribution in [0, 0.1) is 0 Å². The first kappa shape index (κ1) is 22.1. The minimum atomic E-state index is -0.443. The van der Waals surface area contributed by atoms with Crippen molar-refractivity contribution in [3.63, 3.8) is 0 Å². The SMILES string of the molecule is CCC(O)CN(CC(=O)NCC1(N2CCOCC2)CCCCC1)c1ccccc1. The van der Waals surface area contributed by atoms with Gasteiger partial charge in [0.25, 0.3) is 0 Å². The molecule has 1 aromatic rings. The molecule has 1 aliphatic carbocycles. The number of aliphatic hydroxyl groups is 1. The molecule has 3 rings (SSSR count). The number of benzene rings is 1. The van der Waals surface area contributed by atoms with E-state index >= 15 is 0 Å². The van der Waals surface area contributed by atoms with Crippen LogP contribution in [0.25, 0.3) is 0 Å². The maximum atomic E-state index is 12.9. The molecular formula is C23H37N3O3. The number of hydrogen-bond acceptors (Lipinski definition) is 5. The van der Waals surface area contributed by atoms with Crippen molar-refractivity contribution in [2.24, 2.45) is 0 Å². The number of carbonyl (C=O) groups excluding carboxylic acids is 1. The Balaban J connectivity index is 1.62. The number of nitrogens with zero attached hydrogens (tertiary/aromatic N) is 2. The molecule has 1 aromatic carbocycles. The highest BCUT2D eigenvalue weighted by Gasteiger charge is 2.38. The third-order valence-corrected chi connectivity index (χ3v) is 6.44. The molecule has 0 spiro atoms. The van der Waals surface area contributed by atoms with Crippen molar-refractivity contribution >= 4 is 11.6 Å². The Bertz CT molecular complexity index is 613. The van der Waals surface area contributed by atoms with Crippen molar-refractivity contribution in [2.45, 2.75) is 57.1 Å². The number of aliphatic hydroxyl groups excluding tert-OH is 1. The van der Waals surface area contributed by atoms with Gasteiger partial charge in [0, 0.05) is 37.4 Å². The molecule has 6 heteroatoms. The van der Waals surface area contributed by atoms with Gasteiger partial charge in [-0.05, 0) is 31.4 Å². The summed E-state index contributed by atoms with van der Waals surface area (Å²) in [5.74, 6) is 0.0235. The number of hydrogen-bond donors (Lipinski definition) is 2. The van der Waals surface area contributed by atoms with Crippen molar-refractivity contribution in [1.29, 1.82) is 0 Å². The van der Waals surface area contributed by atoms with Crippen LogP contribution in [0.5, 0.6) is 0 Å². The Kier molecular flexibility index (Phi) is 8.33. The lowest BCUT2D eigenvalue weighted by Gasteiger charge is -2.48. The van der Waals surface area contributed by atoms with E-state index in [2.05, 4.69) is 10.2 Å². The van der Waals surface area contributed by atoms with Crippen LogP contribution >= 0.6 is 0 Å². The topological polar surface area (TPSA) is 65.0 Å². The van der Waals surface area contributed by atoms with Gasteiger partial charge in [-0.3, -0.25) is 9.69 Å². The summed E-state index contributed by atoms with van der Waals surface area (Å²) in [7, 11) is 0. The second-order valence-corrected chi connectivity index (χ2v) is 8.44. The molecule has 1 amide bonds. The lowest BCUT2D eigenvalue weighted by molar-refractivity contribution is -0.121. The number of anilines is 1. The van der Waals surface area contributed by atoms with Crippen molar-refractivity contribution in [3.05, 3.63) is 30.3 Å². The summed E-state index contributed by atoms with van der Waals surface area (Å²) in [5, 5.41) is 13.4. The zero-order valence-electron chi connectivity index (χ0n) is 17.8. The highest BCUT2D eigenvalue weighted by Crippen LogP contribution is 2.33. The van der Waals surface area contributed by atoms with E-state index < -0.39 is 6.10 Å². The van der Waals surface area contributed by atoms with Crippen LogP contribution in [0.3, 0.4) is 0 Å². The second kappa shape index (κ2) is 11.0. The summed E-state index contributed by atoms with van der Waals surface area (Å²) in [5.41, 5.74) is 1.04. The molecule has 2 fully saturated rings. The second-order valence-electron chi connectivity index (χ2n) is 8.44. The molecule has 6 nitrogen and oxygen atoms in total. The maximum absolute atomic E-state index is 12.9. The summed E-state index contributed by atoms with van der Waals surface area (Å²) in [6.07, 6.45) is 6.26. The Hall–Kier alpha value is -1.63. The monoisotopic (exact) mass is 403 g/mol. The van der Waals surface area contributed by atoms with Gasteiger partial charge >= 0.3 is 0 Å². The lowest BCUT2D eigenvalue weighted by Crippen LogP contribution is -2.60. The largest absolute Gasteiger partial charge is 0.391 e. The fourth-order valence-corrected chi connectivity index (χ4v) is 4.63. The number of ether oxygens (including phenoxy) is 1. The van der Waals surface area contributed by atoms with Crippen LogP contribution in [0.15, 0.2) is 30.3 Å². The van der Waals surface area contributed by atoms with Crippen molar-refractivity contribution in [1.82, 2.24) is 10.2 Å². The van der Waals surface area contributed by atoms with Crippen LogP contribution in [0.2, 0.25) is 0 Å². The molecule has 2 N–H and O–H groups in total. The molecule has 1 atom stereocenters. The minimum absolute atomic E-state index is 0.0235. The predicted molar refractivity (Wildman–Crippen MR) is 116 cm³/mol. The molecule has 0 aromatic heterocycles. The van der Waals surface area contributed by atoms with Gasteiger partial charge in [-0.15, -0.1) is 0 Å². The fourth-order valence-electron chi connectivity index (χ4n) is 4.63. The van der Waals surface area contributed by atoms with Gasteiger partial charge in [-0.2, -0.15) is 0 Å². The highest BCUT2D eigenvalue weighted by atomic mass is 16.5. The van der Waals surface area contributed by atoms with Gasteiger partial charge in [0.05, 0.1) is 25.9 Å². The number of carbonyl (C=O) groups is 1. The highest BCUT2D eigenvalue weighted by molar-refractivity contribution is 5.81. The van der Waals surface area contributed by atoms with Crippen LogP contribution in [0.4, 0.5) is 5.69 Å². The molecule has 162 valence electrons. The Morgan fingerprint density at radius 1 is 1.21 bits per heavy atom. The molecule has 1 aliphatic heterocycles. The van der Waals surface area contributed by atoms with E-state index in [1.54, 1.807) is 0 Å². The first-order valence-corrected chi connectivity index (χ1v) is 11.2. The van der Waals surface area contributed by atoms with Gasteiger partial charge < -0.3 is 20.1 Å². The summed E-state index contributed by atoms with van der Waals surface area (Å²) in [4.78, 5) is 17.4. The Morgan fingerprint density at radius 2 is 1.90 bits per heavy atom. The smallest absolute Gasteiger partial charge is 0.239 e. The lowest BCUT2D eigenvalue weighted by atomic mass is 9.79. The van der Waals surface area contributed by atoms with E-state index in [0.29, 0.717) is 19.5 Å². The van der Waals surface area contributed by atoms with E-state index in [9.17, 15) is 9.90 Å². The molecule has 1 unspecified atom stereocenters. The molecule has 2 aliphatic rings. The quantitative estimate of drug-likeness (QED) is 0.663. The number of amides is 1. The Morgan fingerprint density at radius 3 is 2.55 bits per heavy atom. The fraction of sp³-hybridized carbons (Fsp3) is 0.696. The summed E-state index contributed by atoms with van der Waals surface area (Å²) >= 11 is 0. The maximum Gasteiger partial charge on any atom is 0.239 e. The molecular weight excluding hydrogens is 366 g/mol. The summed E-state index contributed by atoms with van der Waals surface area (Å²) < 4.78 is 5.55. The molecule has 1 saturated carbocycles. The van der Waals surface area contributed by atoms with Crippen molar-refractivity contribution < 1.29 is 14.6 Å². The van der Waals surface area contributed by atoms with Gasteiger partial charge in [-0.1, -0.05) is 44.4 Å². The number of morpholine rings is 1. The standard InChI is InChI=1S/C23H37N3O3/c1-2-21(27)17-25(20-9-5-3-6-10-20)18-22(28)24-19-23(11-7-4-8-12-23)26-13-15-29-16-14-26/h3,5-6,9-10,21,27H,2,4,7-8,11-19H2,1H3,(H,24,28). The van der Waals surface area contributed by atoms with Crippen molar-refractivity contribution in [3.8, 4) is 0 Å². The van der Waals surface area contributed by atoms with E-state index in [4.69, 9.17) is 4.74 Å². The number of para-hydroxylation sites is 1. The van der Waals surface area contributed by atoms with Gasteiger partial charge in [0.1, 0.15) is 0 Å². The van der Waals surface area contributed by atoms with E-state index in [-0.39, 0.29) is 18.0 Å². The third-order valence-electron chi connectivity index (χ3n) is 6.44. The number of nitrogens with one attached hydrogen (secondary N) is 1. The van der Waals surface area contributed by atoms with Crippen LogP contribution in [-0.4, -0.2) is 73.5 Å². The molecule has 0 bridgehead atoms. The average molecular weight is 404 g/mol. The first-order valence-electron chi connectivity index (χ1n) is 11.2. The van der Waals surface area contributed by atoms with Gasteiger partial charge in [0.2, 0.25) is 5.91 Å². The molecule has 29 heavy (non-hydrogen) atoms. The van der Waals surface area contributed by atoms with Crippen LogP contribution < -0.4 is 10.2 Å². The van der Waals surface area contributed by atoms with E-state index in [0.717, 1.165) is 44.8 Å². The number of rotatable bonds is 9. The van der Waals surface area contributed by atoms with E-state index in [1.165, 1.54) is 19.3 Å². The summed E-state index contributed by atoms with van der Waals surface area (Å²) in [6, 6.07) is 9.88. The van der Waals surface area contributed by atoms with Crippen molar-refractivity contribution in [2.75, 3.05) is 50.8 Å². The molecule has 0 radical (unpaired) electrons. The summed E-state index contributed by atoms with van der Waals surface area (Å²) in [6.45, 7) is 6.86. The van der Waals surface area contributed by atoms with Crippen LogP contribution in [0.1, 0.15) is 45.4 Å². The van der Waals surface area contributed by atoms with E-state index in [1.807, 2.05) is 42.2 Å². The zero-order chi connectivity index (χ0) is 20.5. The molecule has 1 heterocycles. The third kappa shape index (κ3) is 6.17. The Labute approximate surface area is 175 Å². The zero-order valence-corrected chi connectivity index (χ0v) is 17.8.